The third kappa shape index (κ3) is 4.69. The number of hydrogen-bond donors (Lipinski definition) is 6. The first kappa shape index (κ1) is 16.7. The van der Waals surface area contributed by atoms with Gasteiger partial charge in [-0.3, -0.25) is 9.78 Å². The molecule has 0 aliphatic carbocycles. The number of H-pyrrole nitrogens is 1. The van der Waals surface area contributed by atoms with Crippen molar-refractivity contribution < 1.29 is 19.8 Å². The number of rotatable bonds is 7. The summed E-state index contributed by atoms with van der Waals surface area (Å²) in [4.78, 5) is 43.0. The molecule has 24 heavy (non-hydrogen) atoms. The SMILES string of the molecule is Nc1cccc(Nc2nc(NC(CC(=O)O)C(=O)O)nc(=O)[nH]2)c1. The zero-order chi connectivity index (χ0) is 17.7. The predicted molar refractivity (Wildman–Crippen MR) is 84.1 cm³/mol. The number of benzene rings is 1. The van der Waals surface area contributed by atoms with Crippen LogP contribution < -0.4 is 22.1 Å². The molecule has 11 heteroatoms. The summed E-state index contributed by atoms with van der Waals surface area (Å²) >= 11 is 0. The third-order valence-electron chi connectivity index (χ3n) is 2.78. The van der Waals surface area contributed by atoms with Gasteiger partial charge in [0.25, 0.3) is 0 Å². The second-order valence-electron chi connectivity index (χ2n) is 4.71. The molecule has 0 saturated heterocycles. The zero-order valence-corrected chi connectivity index (χ0v) is 12.2. The molecule has 0 spiro atoms. The smallest absolute Gasteiger partial charge is 0.351 e. The van der Waals surface area contributed by atoms with Gasteiger partial charge < -0.3 is 26.6 Å². The van der Waals surface area contributed by atoms with Crippen LogP contribution in [0.2, 0.25) is 0 Å². The number of anilines is 4. The molecule has 1 aromatic heterocycles. The highest BCUT2D eigenvalue weighted by Gasteiger charge is 2.22. The highest BCUT2D eigenvalue weighted by molar-refractivity contribution is 5.82. The number of nitrogens with two attached hydrogens (primary N) is 1. The van der Waals surface area contributed by atoms with Gasteiger partial charge in [-0.25, -0.2) is 9.59 Å². The summed E-state index contributed by atoms with van der Waals surface area (Å²) in [5.74, 6) is -3.06. The summed E-state index contributed by atoms with van der Waals surface area (Å²) in [6, 6.07) is 5.14. The van der Waals surface area contributed by atoms with Gasteiger partial charge in [0.1, 0.15) is 6.04 Å². The number of nitrogen functional groups attached to an aromatic ring is 1. The lowest BCUT2D eigenvalue weighted by Gasteiger charge is -2.12. The van der Waals surface area contributed by atoms with E-state index in [9.17, 15) is 14.4 Å². The molecule has 0 fully saturated rings. The van der Waals surface area contributed by atoms with Gasteiger partial charge in [0.2, 0.25) is 11.9 Å². The third-order valence-corrected chi connectivity index (χ3v) is 2.78. The highest BCUT2D eigenvalue weighted by atomic mass is 16.4. The van der Waals surface area contributed by atoms with Crippen molar-refractivity contribution in [2.24, 2.45) is 0 Å². The van der Waals surface area contributed by atoms with Crippen molar-refractivity contribution in [1.29, 1.82) is 0 Å². The topological polar surface area (TPSA) is 183 Å². The van der Waals surface area contributed by atoms with Crippen LogP contribution in [-0.2, 0) is 9.59 Å². The molecule has 1 atom stereocenters. The quantitative estimate of drug-likeness (QED) is 0.371. The molecule has 2 aromatic rings. The molecule has 0 aliphatic heterocycles. The largest absolute Gasteiger partial charge is 0.481 e. The van der Waals surface area contributed by atoms with Gasteiger partial charge in [-0.2, -0.15) is 9.97 Å². The van der Waals surface area contributed by atoms with Crippen LogP contribution in [0.3, 0.4) is 0 Å². The summed E-state index contributed by atoms with van der Waals surface area (Å²) < 4.78 is 0. The number of carbonyl (C=O) groups is 2. The fourth-order valence-corrected chi connectivity index (χ4v) is 1.79. The minimum absolute atomic E-state index is 0.0115. The summed E-state index contributed by atoms with van der Waals surface area (Å²) in [5, 5.41) is 22.8. The monoisotopic (exact) mass is 334 g/mol. The van der Waals surface area contributed by atoms with Gasteiger partial charge in [-0.05, 0) is 18.2 Å². The van der Waals surface area contributed by atoms with Gasteiger partial charge >= 0.3 is 17.6 Å². The van der Waals surface area contributed by atoms with Crippen LogP contribution in [0.4, 0.5) is 23.3 Å². The Morgan fingerprint density at radius 2 is 2.04 bits per heavy atom. The van der Waals surface area contributed by atoms with Gasteiger partial charge in [-0.15, -0.1) is 0 Å². The maximum absolute atomic E-state index is 11.6. The number of carboxylic acids is 2. The van der Waals surface area contributed by atoms with Crippen LogP contribution in [0.25, 0.3) is 0 Å². The number of aromatic amines is 1. The molecule has 0 bridgehead atoms. The van der Waals surface area contributed by atoms with Crippen molar-refractivity contribution >= 4 is 35.2 Å². The van der Waals surface area contributed by atoms with E-state index in [1.165, 1.54) is 0 Å². The Morgan fingerprint density at radius 1 is 1.29 bits per heavy atom. The lowest BCUT2D eigenvalue weighted by molar-refractivity contribution is -0.144. The molecule has 7 N–H and O–H groups in total. The first-order valence-electron chi connectivity index (χ1n) is 6.65. The molecule has 0 radical (unpaired) electrons. The minimum atomic E-state index is -1.48. The van der Waals surface area contributed by atoms with Gasteiger partial charge in [0, 0.05) is 11.4 Å². The van der Waals surface area contributed by atoms with E-state index in [4.69, 9.17) is 15.9 Å². The normalized spacial score (nSPS) is 11.5. The van der Waals surface area contributed by atoms with Crippen LogP contribution in [0.1, 0.15) is 6.42 Å². The standard InChI is InChI=1S/C13H14N6O5/c14-6-2-1-3-7(4-6)15-11-17-12(19-13(24)18-11)16-8(10(22)23)5-9(20)21/h1-4,8H,5,14H2,(H,20,21)(H,22,23)(H3,15,16,17,18,19,24). The van der Waals surface area contributed by atoms with Crippen molar-refractivity contribution in [1.82, 2.24) is 15.0 Å². The van der Waals surface area contributed by atoms with Crippen LogP contribution in [0.15, 0.2) is 29.1 Å². The molecule has 1 aromatic carbocycles. The Kier molecular flexibility index (Phi) is 4.94. The van der Waals surface area contributed by atoms with Crippen molar-refractivity contribution in [3.63, 3.8) is 0 Å². The number of aromatic nitrogens is 3. The Morgan fingerprint density at radius 3 is 2.67 bits per heavy atom. The molecule has 11 nitrogen and oxygen atoms in total. The first-order valence-corrected chi connectivity index (χ1v) is 6.65. The molecule has 0 amide bonds. The average Bonchev–Trinajstić information content (AvgIpc) is 2.45. The molecular weight excluding hydrogens is 320 g/mol. The fourth-order valence-electron chi connectivity index (χ4n) is 1.79. The summed E-state index contributed by atoms with van der Waals surface area (Å²) in [5.41, 5.74) is 5.87. The summed E-state index contributed by atoms with van der Waals surface area (Å²) in [6.07, 6.45) is -0.705. The van der Waals surface area contributed by atoms with Gasteiger partial charge in [-0.1, -0.05) is 6.07 Å². The van der Waals surface area contributed by atoms with E-state index >= 15 is 0 Å². The number of aliphatic carboxylic acids is 2. The number of hydrogen-bond acceptors (Lipinski definition) is 8. The van der Waals surface area contributed by atoms with E-state index in [-0.39, 0.29) is 11.9 Å². The molecule has 1 unspecified atom stereocenters. The molecular formula is C13H14N6O5. The van der Waals surface area contributed by atoms with E-state index in [2.05, 4.69) is 25.6 Å². The Balaban J connectivity index is 2.23. The highest BCUT2D eigenvalue weighted by Crippen LogP contribution is 2.15. The molecule has 126 valence electrons. The maximum Gasteiger partial charge on any atom is 0.351 e. The van der Waals surface area contributed by atoms with Crippen molar-refractivity contribution in [2.45, 2.75) is 12.5 Å². The predicted octanol–water partition coefficient (Wildman–Crippen LogP) is -0.170. The van der Waals surface area contributed by atoms with E-state index in [1.807, 2.05) is 0 Å². The Labute approximate surface area is 134 Å². The van der Waals surface area contributed by atoms with Crippen molar-refractivity contribution in [2.75, 3.05) is 16.4 Å². The lowest BCUT2D eigenvalue weighted by atomic mass is 10.2. The van der Waals surface area contributed by atoms with E-state index in [0.29, 0.717) is 11.4 Å². The summed E-state index contributed by atoms with van der Waals surface area (Å²) in [6.45, 7) is 0. The fraction of sp³-hybridized carbons (Fsp3) is 0.154. The Hall–Kier alpha value is -3.63. The van der Waals surface area contributed by atoms with E-state index < -0.39 is 30.1 Å². The van der Waals surface area contributed by atoms with Crippen LogP contribution >= 0.6 is 0 Å². The zero-order valence-electron chi connectivity index (χ0n) is 12.2. The maximum atomic E-state index is 11.6. The van der Waals surface area contributed by atoms with E-state index in [1.54, 1.807) is 24.3 Å². The first-order chi connectivity index (χ1) is 11.3. The van der Waals surface area contributed by atoms with Crippen LogP contribution in [-0.4, -0.2) is 43.1 Å². The second-order valence-corrected chi connectivity index (χ2v) is 4.71. The molecule has 0 saturated carbocycles. The Bertz CT molecular complexity index is 820. The van der Waals surface area contributed by atoms with E-state index in [0.717, 1.165) is 0 Å². The number of carboxylic acid groups (broad SMARTS) is 2. The van der Waals surface area contributed by atoms with Crippen LogP contribution in [0, 0.1) is 0 Å². The average molecular weight is 334 g/mol. The molecule has 1 heterocycles. The van der Waals surface area contributed by atoms with Crippen molar-refractivity contribution in [3.05, 3.63) is 34.7 Å². The van der Waals surface area contributed by atoms with Crippen LogP contribution in [0.5, 0.6) is 0 Å². The van der Waals surface area contributed by atoms with Gasteiger partial charge in [0.05, 0.1) is 6.42 Å². The molecule has 0 aliphatic rings. The lowest BCUT2D eigenvalue weighted by Crippen LogP contribution is -2.33. The number of nitrogens with zero attached hydrogens (tertiary/aromatic N) is 2. The number of nitrogens with one attached hydrogen (secondary N) is 3. The molecule has 2 rings (SSSR count). The summed E-state index contributed by atoms with van der Waals surface area (Å²) in [7, 11) is 0. The van der Waals surface area contributed by atoms with Crippen molar-refractivity contribution in [3.8, 4) is 0 Å². The van der Waals surface area contributed by atoms with Gasteiger partial charge in [0.15, 0.2) is 0 Å². The minimum Gasteiger partial charge on any atom is -0.481 e. The second kappa shape index (κ2) is 7.09.